The summed E-state index contributed by atoms with van der Waals surface area (Å²) in [4.78, 5) is 16.5. The Labute approximate surface area is 147 Å². The van der Waals surface area contributed by atoms with Crippen LogP contribution in [0.1, 0.15) is 23.7 Å². The van der Waals surface area contributed by atoms with Crippen molar-refractivity contribution in [1.82, 2.24) is 9.97 Å². The fourth-order valence-corrected chi connectivity index (χ4v) is 2.72. The summed E-state index contributed by atoms with van der Waals surface area (Å²) in [7, 11) is 0. The van der Waals surface area contributed by atoms with E-state index in [2.05, 4.69) is 37.9 Å². The highest BCUT2D eigenvalue weighted by Gasteiger charge is 2.08. The monoisotopic (exact) mass is 331 g/mol. The minimum Gasteiger partial charge on any atom is -0.344 e. The van der Waals surface area contributed by atoms with Gasteiger partial charge in [-0.3, -0.25) is 0 Å². The van der Waals surface area contributed by atoms with Crippen LogP contribution in [0, 0.1) is 13.8 Å². The molecule has 25 heavy (non-hydrogen) atoms. The molecule has 0 radical (unpaired) electrons. The van der Waals surface area contributed by atoms with E-state index in [0.717, 1.165) is 33.7 Å². The number of aryl methyl sites for hydroxylation is 2. The molecule has 2 N–H and O–H groups in total. The minimum absolute atomic E-state index is 0.496. The van der Waals surface area contributed by atoms with Gasteiger partial charge in [-0.15, -0.1) is 0 Å². The first-order valence-corrected chi connectivity index (χ1v) is 8.09. The van der Waals surface area contributed by atoms with Crippen molar-refractivity contribution >= 4 is 28.4 Å². The number of fused-ring (bicyclic) bond motifs is 1. The first-order valence-electron chi connectivity index (χ1n) is 8.09. The van der Waals surface area contributed by atoms with Gasteiger partial charge in [-0.25, -0.2) is 15.0 Å². The number of rotatable bonds is 3. The van der Waals surface area contributed by atoms with E-state index in [1.54, 1.807) is 6.20 Å². The van der Waals surface area contributed by atoms with Crippen LogP contribution < -0.4 is 5.32 Å². The van der Waals surface area contributed by atoms with Crippen molar-refractivity contribution in [2.75, 3.05) is 5.32 Å². The molecule has 0 aliphatic carbocycles. The van der Waals surface area contributed by atoms with Crippen LogP contribution in [-0.2, 0) is 0 Å². The number of H-pyrrole nitrogens is 1. The molecule has 0 spiro atoms. The quantitative estimate of drug-likeness (QED) is 0.544. The second-order valence-electron chi connectivity index (χ2n) is 5.90. The molecule has 0 saturated heterocycles. The number of pyridine rings is 1. The van der Waals surface area contributed by atoms with Crippen LogP contribution in [0.25, 0.3) is 11.0 Å². The molecule has 5 nitrogen and oxygen atoms in total. The third-order valence-corrected chi connectivity index (χ3v) is 3.82. The molecule has 2 aromatic heterocycles. The lowest BCUT2D eigenvalue weighted by molar-refractivity contribution is 1.25. The topological polar surface area (TPSA) is 65.4 Å². The average molecular weight is 331 g/mol. The Morgan fingerprint density at radius 1 is 1.24 bits per heavy atom. The van der Waals surface area contributed by atoms with E-state index in [4.69, 9.17) is 0 Å². The predicted molar refractivity (Wildman–Crippen MR) is 105 cm³/mol. The summed E-state index contributed by atoms with van der Waals surface area (Å²) in [5.41, 5.74) is 5.92. The van der Waals surface area contributed by atoms with E-state index in [1.807, 2.05) is 51.1 Å². The van der Waals surface area contributed by atoms with Crippen LogP contribution in [0.15, 0.2) is 65.4 Å². The largest absolute Gasteiger partial charge is 0.344 e. The lowest BCUT2D eigenvalue weighted by atomic mass is 10.1. The maximum atomic E-state index is 4.66. The summed E-state index contributed by atoms with van der Waals surface area (Å²) >= 11 is 0. The third-order valence-electron chi connectivity index (χ3n) is 3.82. The molecule has 0 saturated carbocycles. The van der Waals surface area contributed by atoms with Crippen molar-refractivity contribution in [2.45, 2.75) is 20.8 Å². The number of benzene rings is 1. The van der Waals surface area contributed by atoms with Gasteiger partial charge in [0.15, 0.2) is 0 Å². The molecular weight excluding hydrogens is 310 g/mol. The summed E-state index contributed by atoms with van der Waals surface area (Å²) in [5, 5.41) is 4.29. The van der Waals surface area contributed by atoms with Gasteiger partial charge >= 0.3 is 0 Å². The zero-order chi connectivity index (χ0) is 17.8. The van der Waals surface area contributed by atoms with E-state index >= 15 is 0 Å². The van der Waals surface area contributed by atoms with Crippen molar-refractivity contribution in [2.24, 2.45) is 9.98 Å². The maximum Gasteiger partial charge on any atom is 0.227 e. The van der Waals surface area contributed by atoms with Crippen LogP contribution >= 0.6 is 0 Å². The Kier molecular flexibility index (Phi) is 4.75. The van der Waals surface area contributed by atoms with Crippen molar-refractivity contribution in [3.8, 4) is 0 Å². The summed E-state index contributed by atoms with van der Waals surface area (Å²) in [6, 6.07) is 12.1. The van der Waals surface area contributed by atoms with Crippen molar-refractivity contribution < 1.29 is 0 Å². The molecule has 0 atom stereocenters. The molecule has 1 aromatic carbocycles. The van der Waals surface area contributed by atoms with E-state index in [0.29, 0.717) is 5.96 Å². The van der Waals surface area contributed by atoms with E-state index in [1.165, 1.54) is 11.8 Å². The van der Waals surface area contributed by atoms with E-state index < -0.39 is 0 Å². The molecule has 5 heteroatoms. The second-order valence-corrected chi connectivity index (χ2v) is 5.90. The Bertz CT molecular complexity index is 979. The minimum atomic E-state index is 0.496. The summed E-state index contributed by atoms with van der Waals surface area (Å²) in [6.07, 6.45) is 3.27. The standard InChI is InChI=1S/C20H21N5/c1-5-21-20(25-16-8-6-7-13(2)11-16)24-15(4)17-9-10-22-19-18(17)12-14(3)23-19/h5-12H,1H2,2-4H3,(H,21,25)(H,22,23)/b24-15+. The molecule has 0 aliphatic heterocycles. The fourth-order valence-electron chi connectivity index (χ4n) is 2.72. The van der Waals surface area contributed by atoms with Crippen LogP contribution in [-0.4, -0.2) is 21.6 Å². The van der Waals surface area contributed by atoms with Crippen LogP contribution in [0.2, 0.25) is 0 Å². The molecule has 2 heterocycles. The van der Waals surface area contributed by atoms with Gasteiger partial charge in [-0.1, -0.05) is 18.7 Å². The van der Waals surface area contributed by atoms with E-state index in [-0.39, 0.29) is 0 Å². The van der Waals surface area contributed by atoms with Crippen LogP contribution in [0.4, 0.5) is 5.69 Å². The molecule has 0 fully saturated rings. The van der Waals surface area contributed by atoms with Gasteiger partial charge in [0.05, 0.1) is 0 Å². The number of aromatic nitrogens is 2. The van der Waals surface area contributed by atoms with Gasteiger partial charge in [0.2, 0.25) is 5.96 Å². The molecule has 0 aliphatic rings. The number of aliphatic imine (C=N–C) groups is 2. The van der Waals surface area contributed by atoms with Crippen molar-refractivity contribution in [3.05, 3.63) is 72.2 Å². The Balaban J connectivity index is 1.97. The predicted octanol–water partition coefficient (Wildman–Crippen LogP) is 4.60. The number of hydrogen-bond donors (Lipinski definition) is 2. The molecule has 0 amide bonds. The zero-order valence-corrected chi connectivity index (χ0v) is 14.7. The average Bonchev–Trinajstić information content (AvgIpc) is 2.95. The first-order chi connectivity index (χ1) is 12.1. The molecule has 0 unspecified atom stereocenters. The second kappa shape index (κ2) is 7.13. The maximum absolute atomic E-state index is 4.66. The normalized spacial score (nSPS) is 12.4. The number of nitrogens with one attached hydrogen (secondary N) is 2. The Hall–Kier alpha value is -3.21. The first kappa shape index (κ1) is 16.6. The van der Waals surface area contributed by atoms with Crippen molar-refractivity contribution in [3.63, 3.8) is 0 Å². The van der Waals surface area contributed by atoms with Crippen LogP contribution in [0.5, 0.6) is 0 Å². The molecule has 3 rings (SSSR count). The number of nitrogens with zero attached hydrogens (tertiary/aromatic N) is 3. The van der Waals surface area contributed by atoms with Crippen molar-refractivity contribution in [1.29, 1.82) is 0 Å². The summed E-state index contributed by atoms with van der Waals surface area (Å²) in [5.74, 6) is 0.496. The zero-order valence-electron chi connectivity index (χ0n) is 14.7. The van der Waals surface area contributed by atoms with Crippen LogP contribution in [0.3, 0.4) is 0 Å². The number of aromatic amines is 1. The lowest BCUT2D eigenvalue weighted by Gasteiger charge is -2.08. The molecule has 3 aromatic rings. The number of anilines is 1. The third kappa shape index (κ3) is 3.83. The molecule has 126 valence electrons. The fraction of sp³-hybridized carbons (Fsp3) is 0.150. The lowest BCUT2D eigenvalue weighted by Crippen LogP contribution is -2.12. The number of hydrogen-bond acceptors (Lipinski definition) is 2. The van der Waals surface area contributed by atoms with E-state index in [9.17, 15) is 0 Å². The van der Waals surface area contributed by atoms with Gasteiger partial charge in [0, 0.05) is 40.4 Å². The highest BCUT2D eigenvalue weighted by atomic mass is 15.1. The van der Waals surface area contributed by atoms with Gasteiger partial charge in [0.1, 0.15) is 5.65 Å². The van der Waals surface area contributed by atoms with Gasteiger partial charge in [0.25, 0.3) is 0 Å². The summed E-state index contributed by atoms with van der Waals surface area (Å²) < 4.78 is 0. The summed E-state index contributed by atoms with van der Waals surface area (Å²) in [6.45, 7) is 9.71. The molecular formula is C20H21N5. The van der Waals surface area contributed by atoms with Gasteiger partial charge < -0.3 is 10.3 Å². The molecule has 0 bridgehead atoms. The SMILES string of the molecule is C=CN=C(/N=C(\C)c1ccnc2[nH]c(C)cc12)Nc1cccc(C)c1. The smallest absolute Gasteiger partial charge is 0.227 e. The Morgan fingerprint density at radius 2 is 2.08 bits per heavy atom. The van der Waals surface area contributed by atoms with Gasteiger partial charge in [-0.05, 0) is 50.6 Å². The number of guanidine groups is 1. The highest BCUT2D eigenvalue weighted by molar-refractivity contribution is 6.14. The Morgan fingerprint density at radius 3 is 2.84 bits per heavy atom. The highest BCUT2D eigenvalue weighted by Crippen LogP contribution is 2.19. The van der Waals surface area contributed by atoms with Gasteiger partial charge in [-0.2, -0.15) is 0 Å².